The number of likely N-dealkylation sites (N-methyl/N-ethyl adjacent to an activating group) is 1. The van der Waals surface area contributed by atoms with Crippen LogP contribution in [0.25, 0.3) is 11.0 Å². The molecular weight excluding hydrogens is 250 g/mol. The highest BCUT2D eigenvalue weighted by molar-refractivity contribution is 5.77. The van der Waals surface area contributed by atoms with E-state index in [1.165, 1.54) is 0 Å². The van der Waals surface area contributed by atoms with Crippen LogP contribution in [-0.2, 0) is 13.0 Å². The van der Waals surface area contributed by atoms with Gasteiger partial charge in [0.05, 0.1) is 6.04 Å². The fourth-order valence-corrected chi connectivity index (χ4v) is 2.52. The first-order chi connectivity index (χ1) is 9.81. The van der Waals surface area contributed by atoms with E-state index in [-0.39, 0.29) is 6.04 Å². The van der Waals surface area contributed by atoms with Gasteiger partial charge in [-0.05, 0) is 26.1 Å². The molecule has 20 heavy (non-hydrogen) atoms. The van der Waals surface area contributed by atoms with Gasteiger partial charge in [0.15, 0.2) is 0 Å². The monoisotopic (exact) mass is 269 g/mol. The number of para-hydroxylation sites is 1. The van der Waals surface area contributed by atoms with E-state index in [2.05, 4.69) is 33.9 Å². The van der Waals surface area contributed by atoms with Crippen molar-refractivity contribution >= 4 is 11.0 Å². The number of rotatable bonds is 5. The minimum atomic E-state index is 0.134. The summed E-state index contributed by atoms with van der Waals surface area (Å²) in [5, 5.41) is 4.46. The molecule has 2 heterocycles. The molecule has 0 aliphatic rings. The van der Waals surface area contributed by atoms with Crippen molar-refractivity contribution in [1.82, 2.24) is 14.9 Å². The quantitative estimate of drug-likeness (QED) is 0.773. The van der Waals surface area contributed by atoms with Crippen LogP contribution in [0.15, 0.2) is 47.1 Å². The second-order valence-corrected chi connectivity index (χ2v) is 4.86. The number of aromatic nitrogens is 2. The minimum Gasteiger partial charge on any atom is -0.459 e. The average molecular weight is 269 g/mol. The lowest BCUT2D eigenvalue weighted by molar-refractivity contribution is 0.440. The summed E-state index contributed by atoms with van der Waals surface area (Å²) in [5.74, 6) is 2.03. The van der Waals surface area contributed by atoms with Crippen LogP contribution < -0.4 is 5.32 Å². The van der Waals surface area contributed by atoms with E-state index in [9.17, 15) is 0 Å². The predicted octanol–water partition coefficient (Wildman–Crippen LogP) is 3.15. The topological polar surface area (TPSA) is 43.0 Å². The van der Waals surface area contributed by atoms with Crippen molar-refractivity contribution in [2.45, 2.75) is 25.9 Å². The van der Waals surface area contributed by atoms with Crippen LogP contribution in [-0.4, -0.2) is 16.6 Å². The molecule has 0 aliphatic heterocycles. The maximum absolute atomic E-state index is 5.94. The fraction of sp³-hybridized carbons (Fsp3) is 0.312. The highest BCUT2D eigenvalue weighted by Gasteiger charge is 2.17. The van der Waals surface area contributed by atoms with Gasteiger partial charge < -0.3 is 14.3 Å². The van der Waals surface area contributed by atoms with Crippen LogP contribution in [0.1, 0.15) is 24.6 Å². The first kappa shape index (κ1) is 12.9. The summed E-state index contributed by atoms with van der Waals surface area (Å²) in [6.45, 7) is 3.06. The van der Waals surface area contributed by atoms with Gasteiger partial charge in [0.25, 0.3) is 0 Å². The molecule has 4 nitrogen and oxygen atoms in total. The molecule has 1 N–H and O–H groups in total. The fourth-order valence-electron chi connectivity index (χ4n) is 2.52. The zero-order valence-corrected chi connectivity index (χ0v) is 11.8. The molecular formula is C16H19N3O. The first-order valence-corrected chi connectivity index (χ1v) is 6.97. The van der Waals surface area contributed by atoms with Gasteiger partial charge in [0.2, 0.25) is 0 Å². The zero-order valence-electron chi connectivity index (χ0n) is 11.8. The molecule has 104 valence electrons. The third-order valence-electron chi connectivity index (χ3n) is 3.67. The highest BCUT2D eigenvalue weighted by Crippen LogP contribution is 2.25. The van der Waals surface area contributed by atoms with Gasteiger partial charge in [-0.15, -0.1) is 0 Å². The molecule has 0 bridgehead atoms. The lowest BCUT2D eigenvalue weighted by Crippen LogP contribution is -2.20. The van der Waals surface area contributed by atoms with Gasteiger partial charge >= 0.3 is 0 Å². The smallest absolute Gasteiger partial charge is 0.134 e. The lowest BCUT2D eigenvalue weighted by Gasteiger charge is -2.14. The van der Waals surface area contributed by atoms with Gasteiger partial charge in [-0.2, -0.15) is 0 Å². The summed E-state index contributed by atoms with van der Waals surface area (Å²) in [4.78, 5) is 4.44. The van der Waals surface area contributed by atoms with Gasteiger partial charge in [0.1, 0.15) is 17.2 Å². The van der Waals surface area contributed by atoms with Crippen LogP contribution in [0.4, 0.5) is 0 Å². The maximum Gasteiger partial charge on any atom is 0.134 e. The number of nitrogens with one attached hydrogen (secondary N) is 1. The second kappa shape index (κ2) is 5.51. The van der Waals surface area contributed by atoms with Gasteiger partial charge in [0, 0.05) is 30.7 Å². The molecule has 0 saturated carbocycles. The van der Waals surface area contributed by atoms with Crippen molar-refractivity contribution in [2.75, 3.05) is 7.05 Å². The van der Waals surface area contributed by atoms with E-state index in [0.717, 1.165) is 35.5 Å². The Morgan fingerprint density at radius 3 is 2.95 bits per heavy atom. The lowest BCUT2D eigenvalue weighted by atomic mass is 10.1. The SMILES string of the molecule is CCn1ccnc1CC(NC)c1cc2ccccc2o1. The van der Waals surface area contributed by atoms with E-state index in [1.807, 2.05) is 37.6 Å². The van der Waals surface area contributed by atoms with E-state index < -0.39 is 0 Å². The molecule has 0 fully saturated rings. The molecule has 1 atom stereocenters. The van der Waals surface area contributed by atoms with Gasteiger partial charge in [-0.1, -0.05) is 18.2 Å². The number of hydrogen-bond donors (Lipinski definition) is 1. The van der Waals surface area contributed by atoms with Crippen LogP contribution in [0.3, 0.4) is 0 Å². The normalized spacial score (nSPS) is 12.9. The Balaban J connectivity index is 1.89. The minimum absolute atomic E-state index is 0.134. The number of benzene rings is 1. The summed E-state index contributed by atoms with van der Waals surface area (Å²) < 4.78 is 8.10. The van der Waals surface area contributed by atoms with Crippen molar-refractivity contribution in [2.24, 2.45) is 0 Å². The summed E-state index contributed by atoms with van der Waals surface area (Å²) >= 11 is 0. The van der Waals surface area contributed by atoms with Crippen molar-refractivity contribution in [3.05, 3.63) is 54.3 Å². The van der Waals surface area contributed by atoms with Gasteiger partial charge in [-0.3, -0.25) is 0 Å². The Morgan fingerprint density at radius 1 is 1.35 bits per heavy atom. The van der Waals surface area contributed by atoms with Crippen LogP contribution in [0, 0.1) is 0 Å². The van der Waals surface area contributed by atoms with Gasteiger partial charge in [-0.25, -0.2) is 4.98 Å². The standard InChI is InChI=1S/C16H19N3O/c1-3-19-9-8-18-16(19)11-13(17-2)15-10-12-6-4-5-7-14(12)20-15/h4-10,13,17H,3,11H2,1-2H3. The molecule has 0 radical (unpaired) electrons. The Morgan fingerprint density at radius 2 is 2.20 bits per heavy atom. The molecule has 0 aliphatic carbocycles. The van der Waals surface area contributed by atoms with Crippen molar-refractivity contribution in [3.63, 3.8) is 0 Å². The third kappa shape index (κ3) is 2.34. The summed E-state index contributed by atoms with van der Waals surface area (Å²) in [5.41, 5.74) is 0.932. The number of fused-ring (bicyclic) bond motifs is 1. The summed E-state index contributed by atoms with van der Waals surface area (Å²) in [6, 6.07) is 10.3. The molecule has 1 aromatic carbocycles. The van der Waals surface area contributed by atoms with Crippen LogP contribution in [0.2, 0.25) is 0 Å². The van der Waals surface area contributed by atoms with E-state index in [4.69, 9.17) is 4.42 Å². The Kier molecular flexibility index (Phi) is 3.56. The molecule has 0 amide bonds. The number of nitrogens with zero attached hydrogens (tertiary/aromatic N) is 2. The Bertz CT molecular complexity index is 665. The largest absolute Gasteiger partial charge is 0.459 e. The number of aryl methyl sites for hydroxylation is 1. The van der Waals surface area contributed by atoms with E-state index in [0.29, 0.717) is 0 Å². The third-order valence-corrected chi connectivity index (χ3v) is 3.67. The van der Waals surface area contributed by atoms with E-state index >= 15 is 0 Å². The number of hydrogen-bond acceptors (Lipinski definition) is 3. The van der Waals surface area contributed by atoms with Crippen LogP contribution in [0.5, 0.6) is 0 Å². The molecule has 0 saturated heterocycles. The molecule has 3 rings (SSSR count). The zero-order chi connectivity index (χ0) is 13.9. The van der Waals surface area contributed by atoms with Crippen molar-refractivity contribution in [1.29, 1.82) is 0 Å². The second-order valence-electron chi connectivity index (χ2n) is 4.86. The highest BCUT2D eigenvalue weighted by atomic mass is 16.3. The number of furan rings is 1. The molecule has 0 spiro atoms. The molecule has 1 unspecified atom stereocenters. The molecule has 4 heteroatoms. The van der Waals surface area contributed by atoms with E-state index in [1.54, 1.807) is 0 Å². The Labute approximate surface area is 118 Å². The molecule has 3 aromatic rings. The summed E-state index contributed by atoms with van der Waals surface area (Å²) in [7, 11) is 1.96. The predicted molar refractivity (Wildman–Crippen MR) is 79.6 cm³/mol. The van der Waals surface area contributed by atoms with Crippen LogP contribution >= 0.6 is 0 Å². The maximum atomic E-state index is 5.94. The first-order valence-electron chi connectivity index (χ1n) is 6.97. The number of imidazole rings is 1. The van der Waals surface area contributed by atoms with Crippen molar-refractivity contribution < 1.29 is 4.42 Å². The average Bonchev–Trinajstić information content (AvgIpc) is 3.10. The molecule has 2 aromatic heterocycles. The van der Waals surface area contributed by atoms with Crippen molar-refractivity contribution in [3.8, 4) is 0 Å². The summed E-state index contributed by atoms with van der Waals surface area (Å²) in [6.07, 6.45) is 4.68. The Hall–Kier alpha value is -2.07.